The van der Waals surface area contributed by atoms with Crippen LogP contribution in [0.3, 0.4) is 0 Å². The maximum atomic E-state index is 8.59. The molecule has 1 unspecified atom stereocenters. The Morgan fingerprint density at radius 2 is 1.91 bits per heavy atom. The van der Waals surface area contributed by atoms with Crippen molar-refractivity contribution in [2.75, 3.05) is 19.0 Å². The van der Waals surface area contributed by atoms with Crippen molar-refractivity contribution in [3.05, 3.63) is 0 Å². The van der Waals surface area contributed by atoms with Crippen LogP contribution in [0.4, 0.5) is 0 Å². The van der Waals surface area contributed by atoms with Crippen LogP contribution >= 0.6 is 11.8 Å². The minimum atomic E-state index is 0.286. The Labute approximate surface area is 73.0 Å². The average Bonchev–Trinajstić information content (AvgIpc) is 1.99. The Hall–Kier alpha value is 0.270. The fourth-order valence-corrected chi connectivity index (χ4v) is 1.81. The van der Waals surface area contributed by atoms with Crippen LogP contribution in [0.5, 0.6) is 0 Å². The van der Waals surface area contributed by atoms with Crippen molar-refractivity contribution in [3.8, 4) is 0 Å². The van der Waals surface area contributed by atoms with Gasteiger partial charge in [0.15, 0.2) is 0 Å². The van der Waals surface area contributed by atoms with Gasteiger partial charge in [-0.1, -0.05) is 6.92 Å². The normalized spacial score (nSPS) is 13.4. The number of aliphatic hydroxyl groups excluding tert-OH is 2. The first-order valence-corrected chi connectivity index (χ1v) is 5.19. The monoisotopic (exact) mass is 178 g/mol. The quantitative estimate of drug-likeness (QED) is 0.577. The molecule has 1 atom stereocenters. The van der Waals surface area contributed by atoms with E-state index in [1.165, 1.54) is 0 Å². The number of thioether (sulfide) groups is 1. The fraction of sp³-hybridized carbons (Fsp3) is 1.00. The summed E-state index contributed by atoms with van der Waals surface area (Å²) in [4.78, 5) is 0. The van der Waals surface area contributed by atoms with Gasteiger partial charge in [-0.25, -0.2) is 0 Å². The molecule has 0 heterocycles. The van der Waals surface area contributed by atoms with E-state index < -0.39 is 0 Å². The van der Waals surface area contributed by atoms with Gasteiger partial charge in [0.05, 0.1) is 0 Å². The Kier molecular flexibility index (Phi) is 8.57. The second kappa shape index (κ2) is 8.37. The molecule has 0 aliphatic heterocycles. The highest BCUT2D eigenvalue weighted by Gasteiger charge is 1.99. The van der Waals surface area contributed by atoms with E-state index in [9.17, 15) is 0 Å². The van der Waals surface area contributed by atoms with Crippen LogP contribution in [0.15, 0.2) is 0 Å². The second-order valence-corrected chi connectivity index (χ2v) is 4.17. The minimum absolute atomic E-state index is 0.286. The standard InChI is InChI=1S/C8H18O2S/c1-8(4-6-10)11-7-3-2-5-9/h8-10H,2-7H2,1H3. The summed E-state index contributed by atoms with van der Waals surface area (Å²) < 4.78 is 0. The van der Waals surface area contributed by atoms with Gasteiger partial charge in [-0.2, -0.15) is 11.8 Å². The molecule has 0 saturated carbocycles. The van der Waals surface area contributed by atoms with Crippen LogP contribution < -0.4 is 0 Å². The molecule has 0 aliphatic rings. The van der Waals surface area contributed by atoms with Gasteiger partial charge < -0.3 is 10.2 Å². The minimum Gasteiger partial charge on any atom is -0.396 e. The van der Waals surface area contributed by atoms with E-state index in [0.717, 1.165) is 25.0 Å². The highest BCUT2D eigenvalue weighted by molar-refractivity contribution is 7.99. The van der Waals surface area contributed by atoms with E-state index in [0.29, 0.717) is 11.9 Å². The predicted octanol–water partition coefficient (Wildman–Crippen LogP) is 1.26. The molecule has 0 bridgehead atoms. The van der Waals surface area contributed by atoms with Gasteiger partial charge in [-0.3, -0.25) is 0 Å². The Balaban J connectivity index is 2.97. The lowest BCUT2D eigenvalue weighted by molar-refractivity contribution is 0.286. The van der Waals surface area contributed by atoms with E-state index in [4.69, 9.17) is 10.2 Å². The first kappa shape index (κ1) is 11.3. The summed E-state index contributed by atoms with van der Waals surface area (Å²) in [5.74, 6) is 1.10. The third-order valence-corrected chi connectivity index (χ3v) is 2.82. The summed E-state index contributed by atoms with van der Waals surface area (Å²) in [5.41, 5.74) is 0. The van der Waals surface area contributed by atoms with Crippen LogP contribution in [0.1, 0.15) is 26.2 Å². The highest BCUT2D eigenvalue weighted by atomic mass is 32.2. The largest absolute Gasteiger partial charge is 0.396 e. The third-order valence-electron chi connectivity index (χ3n) is 1.49. The summed E-state index contributed by atoms with van der Waals surface area (Å²) in [6, 6.07) is 0. The summed E-state index contributed by atoms with van der Waals surface area (Å²) in [6.07, 6.45) is 2.86. The molecule has 2 nitrogen and oxygen atoms in total. The molecule has 3 heteroatoms. The Bertz CT molecular complexity index is 78.5. The molecule has 0 fully saturated rings. The zero-order valence-electron chi connectivity index (χ0n) is 7.12. The number of hydrogen-bond acceptors (Lipinski definition) is 3. The highest BCUT2D eigenvalue weighted by Crippen LogP contribution is 2.14. The van der Waals surface area contributed by atoms with E-state index in [1.54, 1.807) is 0 Å². The molecule has 0 aromatic carbocycles. The SMILES string of the molecule is CC(CCO)SCCCCO. The van der Waals surface area contributed by atoms with Gasteiger partial charge in [0.25, 0.3) is 0 Å². The molecule has 68 valence electrons. The number of unbranched alkanes of at least 4 members (excludes halogenated alkanes) is 1. The summed E-state index contributed by atoms with van der Waals surface area (Å²) in [5, 5.41) is 17.6. The van der Waals surface area contributed by atoms with Gasteiger partial charge in [0.1, 0.15) is 0 Å². The van der Waals surface area contributed by atoms with Gasteiger partial charge in [0, 0.05) is 18.5 Å². The van der Waals surface area contributed by atoms with Crippen molar-refractivity contribution in [1.82, 2.24) is 0 Å². The van der Waals surface area contributed by atoms with Crippen LogP contribution in [0, 0.1) is 0 Å². The molecule has 0 saturated heterocycles. The number of rotatable bonds is 7. The Morgan fingerprint density at radius 3 is 2.45 bits per heavy atom. The molecule has 11 heavy (non-hydrogen) atoms. The zero-order chi connectivity index (χ0) is 8.53. The predicted molar refractivity (Wildman–Crippen MR) is 49.9 cm³/mol. The maximum absolute atomic E-state index is 8.59. The lowest BCUT2D eigenvalue weighted by Crippen LogP contribution is -2.00. The molecule has 0 aromatic heterocycles. The van der Waals surface area contributed by atoms with E-state index in [2.05, 4.69) is 6.92 Å². The van der Waals surface area contributed by atoms with E-state index in [-0.39, 0.29) is 6.61 Å². The molecule has 0 rings (SSSR count). The van der Waals surface area contributed by atoms with Gasteiger partial charge in [0.2, 0.25) is 0 Å². The van der Waals surface area contributed by atoms with E-state index >= 15 is 0 Å². The molecular formula is C8H18O2S. The molecule has 0 aromatic rings. The molecule has 0 spiro atoms. The molecular weight excluding hydrogens is 160 g/mol. The molecule has 0 aliphatic carbocycles. The van der Waals surface area contributed by atoms with Crippen molar-refractivity contribution in [2.45, 2.75) is 31.4 Å². The van der Waals surface area contributed by atoms with E-state index in [1.807, 2.05) is 11.8 Å². The van der Waals surface area contributed by atoms with Crippen LogP contribution in [-0.4, -0.2) is 34.4 Å². The Morgan fingerprint density at radius 1 is 1.18 bits per heavy atom. The topological polar surface area (TPSA) is 40.5 Å². The summed E-state index contributed by atoms with van der Waals surface area (Å²) in [6.45, 7) is 2.71. The van der Waals surface area contributed by atoms with Gasteiger partial charge >= 0.3 is 0 Å². The second-order valence-electron chi connectivity index (χ2n) is 2.62. The first-order valence-electron chi connectivity index (χ1n) is 4.14. The number of hydrogen-bond donors (Lipinski definition) is 2. The van der Waals surface area contributed by atoms with Crippen molar-refractivity contribution in [2.24, 2.45) is 0 Å². The zero-order valence-corrected chi connectivity index (χ0v) is 7.94. The summed E-state index contributed by atoms with van der Waals surface area (Å²) >= 11 is 1.87. The number of aliphatic hydroxyl groups is 2. The lowest BCUT2D eigenvalue weighted by Gasteiger charge is -2.07. The lowest BCUT2D eigenvalue weighted by atomic mass is 10.3. The third kappa shape index (κ3) is 8.17. The van der Waals surface area contributed by atoms with Crippen LogP contribution in [0.2, 0.25) is 0 Å². The molecule has 0 amide bonds. The van der Waals surface area contributed by atoms with Gasteiger partial charge in [-0.15, -0.1) is 0 Å². The fourth-order valence-electron chi connectivity index (χ4n) is 0.764. The summed E-state index contributed by atoms with van der Waals surface area (Å²) in [7, 11) is 0. The first-order chi connectivity index (χ1) is 5.31. The maximum Gasteiger partial charge on any atom is 0.0441 e. The van der Waals surface area contributed by atoms with Gasteiger partial charge in [-0.05, 0) is 25.0 Å². The van der Waals surface area contributed by atoms with Crippen molar-refractivity contribution in [1.29, 1.82) is 0 Å². The smallest absolute Gasteiger partial charge is 0.0441 e. The van der Waals surface area contributed by atoms with Crippen LogP contribution in [-0.2, 0) is 0 Å². The molecule has 2 N–H and O–H groups in total. The average molecular weight is 178 g/mol. The van der Waals surface area contributed by atoms with Crippen molar-refractivity contribution < 1.29 is 10.2 Å². The van der Waals surface area contributed by atoms with Crippen molar-refractivity contribution in [3.63, 3.8) is 0 Å². The van der Waals surface area contributed by atoms with Crippen LogP contribution in [0.25, 0.3) is 0 Å². The van der Waals surface area contributed by atoms with Crippen molar-refractivity contribution >= 4 is 11.8 Å². The molecule has 0 radical (unpaired) electrons.